The normalized spacial score (nSPS) is 10.4. The van der Waals surface area contributed by atoms with Crippen LogP contribution in [0.5, 0.6) is 17.2 Å². The van der Waals surface area contributed by atoms with E-state index in [2.05, 4.69) is 10.4 Å². The number of halogens is 1. The highest BCUT2D eigenvalue weighted by Crippen LogP contribution is 2.27. The third-order valence-electron chi connectivity index (χ3n) is 4.35. The molecule has 1 N–H and O–H groups in total. The van der Waals surface area contributed by atoms with Gasteiger partial charge in [0, 0.05) is 41.4 Å². The van der Waals surface area contributed by atoms with Crippen LogP contribution in [0.25, 0.3) is 11.3 Å². The van der Waals surface area contributed by atoms with Crippen molar-refractivity contribution in [2.45, 2.75) is 6.54 Å². The lowest BCUT2D eigenvalue weighted by atomic mass is 10.1. The van der Waals surface area contributed by atoms with Gasteiger partial charge in [0.15, 0.2) is 6.61 Å². The van der Waals surface area contributed by atoms with Gasteiger partial charge in [0.05, 0.1) is 26.5 Å². The summed E-state index contributed by atoms with van der Waals surface area (Å²) in [4.78, 5) is 24.2. The topological polar surface area (TPSA) is 91.7 Å². The van der Waals surface area contributed by atoms with Crippen LogP contribution in [0.4, 0.5) is 0 Å². The van der Waals surface area contributed by atoms with Gasteiger partial charge in [0.25, 0.3) is 11.5 Å². The van der Waals surface area contributed by atoms with E-state index < -0.39 is 0 Å². The molecule has 162 valence electrons. The molecule has 8 nitrogen and oxygen atoms in total. The maximum absolute atomic E-state index is 12.1. The molecule has 0 saturated heterocycles. The van der Waals surface area contributed by atoms with Crippen LogP contribution in [0.3, 0.4) is 0 Å². The van der Waals surface area contributed by atoms with E-state index in [1.807, 2.05) is 12.1 Å². The Morgan fingerprint density at radius 2 is 1.65 bits per heavy atom. The number of hydrogen-bond acceptors (Lipinski definition) is 6. The minimum absolute atomic E-state index is 0.191. The van der Waals surface area contributed by atoms with E-state index in [1.165, 1.54) is 25.0 Å². The predicted molar refractivity (Wildman–Crippen MR) is 117 cm³/mol. The van der Waals surface area contributed by atoms with Crippen LogP contribution in [0, 0.1) is 0 Å². The molecule has 31 heavy (non-hydrogen) atoms. The Hall–Kier alpha value is -3.52. The maximum atomic E-state index is 12.1. The van der Waals surface area contributed by atoms with Crippen molar-refractivity contribution in [3.05, 3.63) is 70.0 Å². The SMILES string of the molecule is COc1cc(OC)cc(OCC(=O)NCCn2nc(-c3ccc(Cl)cc3)ccc2=O)c1. The summed E-state index contributed by atoms with van der Waals surface area (Å²) in [6, 6.07) is 15.3. The Bertz CT molecular complexity index is 1080. The number of benzene rings is 2. The van der Waals surface area contributed by atoms with Crippen molar-refractivity contribution in [3.8, 4) is 28.5 Å². The summed E-state index contributed by atoms with van der Waals surface area (Å²) in [6.45, 7) is 0.253. The number of carbonyl (C=O) groups excluding carboxylic acids is 1. The van der Waals surface area contributed by atoms with Crippen LogP contribution in [0.1, 0.15) is 0 Å². The fourth-order valence-electron chi connectivity index (χ4n) is 2.75. The summed E-state index contributed by atoms with van der Waals surface area (Å²) in [6.07, 6.45) is 0. The number of carbonyl (C=O) groups is 1. The molecule has 0 aliphatic rings. The molecule has 0 saturated carbocycles. The van der Waals surface area contributed by atoms with Gasteiger partial charge in [-0.2, -0.15) is 5.10 Å². The quantitative estimate of drug-likeness (QED) is 0.546. The Labute approximate surface area is 184 Å². The molecule has 3 aromatic rings. The summed E-state index contributed by atoms with van der Waals surface area (Å²) in [5.41, 5.74) is 1.22. The monoisotopic (exact) mass is 443 g/mol. The molecule has 0 radical (unpaired) electrons. The number of rotatable bonds is 9. The number of nitrogens with one attached hydrogen (secondary N) is 1. The third-order valence-corrected chi connectivity index (χ3v) is 4.60. The first-order chi connectivity index (χ1) is 15.0. The lowest BCUT2D eigenvalue weighted by molar-refractivity contribution is -0.123. The zero-order valence-corrected chi connectivity index (χ0v) is 17.9. The second-order valence-electron chi connectivity index (χ2n) is 6.47. The molecular weight excluding hydrogens is 422 g/mol. The molecule has 0 bridgehead atoms. The van der Waals surface area contributed by atoms with Crippen molar-refractivity contribution < 1.29 is 19.0 Å². The highest BCUT2D eigenvalue weighted by Gasteiger charge is 2.08. The number of methoxy groups -OCH3 is 2. The lowest BCUT2D eigenvalue weighted by Gasteiger charge is -2.11. The van der Waals surface area contributed by atoms with Crippen molar-refractivity contribution in [2.75, 3.05) is 27.4 Å². The van der Waals surface area contributed by atoms with Crippen molar-refractivity contribution >= 4 is 17.5 Å². The Morgan fingerprint density at radius 3 is 2.29 bits per heavy atom. The van der Waals surface area contributed by atoms with Gasteiger partial charge in [0.2, 0.25) is 0 Å². The van der Waals surface area contributed by atoms with Crippen LogP contribution < -0.4 is 25.1 Å². The molecule has 1 aromatic heterocycles. The summed E-state index contributed by atoms with van der Waals surface area (Å²) in [5.74, 6) is 1.23. The molecule has 1 heterocycles. The van der Waals surface area contributed by atoms with Crippen LogP contribution >= 0.6 is 11.6 Å². The van der Waals surface area contributed by atoms with Gasteiger partial charge in [-0.25, -0.2) is 4.68 Å². The predicted octanol–water partition coefficient (Wildman–Crippen LogP) is 2.78. The van der Waals surface area contributed by atoms with Crippen LogP contribution in [0.2, 0.25) is 5.02 Å². The molecule has 0 spiro atoms. The maximum Gasteiger partial charge on any atom is 0.266 e. The molecule has 3 rings (SSSR count). The standard InChI is InChI=1S/C22H22ClN3O5/c1-29-17-11-18(30-2)13-19(12-17)31-14-21(27)24-9-10-26-22(28)8-7-20(25-26)15-3-5-16(23)6-4-15/h3-8,11-13H,9-10,14H2,1-2H3,(H,24,27). The fourth-order valence-corrected chi connectivity index (χ4v) is 2.88. The minimum atomic E-state index is -0.330. The summed E-state index contributed by atoms with van der Waals surface area (Å²) < 4.78 is 17.1. The van der Waals surface area contributed by atoms with Gasteiger partial charge in [-0.05, 0) is 18.2 Å². The number of amides is 1. The highest BCUT2D eigenvalue weighted by molar-refractivity contribution is 6.30. The number of aromatic nitrogens is 2. The van der Waals surface area contributed by atoms with Crippen molar-refractivity contribution in [3.63, 3.8) is 0 Å². The average Bonchev–Trinajstić information content (AvgIpc) is 2.79. The van der Waals surface area contributed by atoms with E-state index >= 15 is 0 Å². The molecule has 0 fully saturated rings. The smallest absolute Gasteiger partial charge is 0.266 e. The van der Waals surface area contributed by atoms with Gasteiger partial charge in [-0.3, -0.25) is 9.59 Å². The van der Waals surface area contributed by atoms with Crippen LogP contribution in [-0.2, 0) is 11.3 Å². The highest BCUT2D eigenvalue weighted by atomic mass is 35.5. The van der Waals surface area contributed by atoms with Gasteiger partial charge in [0.1, 0.15) is 17.2 Å². The average molecular weight is 444 g/mol. The van der Waals surface area contributed by atoms with Crippen LogP contribution in [-0.4, -0.2) is 43.1 Å². The second kappa shape index (κ2) is 10.5. The Morgan fingerprint density at radius 1 is 1.00 bits per heavy atom. The molecule has 0 atom stereocenters. The molecule has 2 aromatic carbocycles. The second-order valence-corrected chi connectivity index (χ2v) is 6.91. The Balaban J connectivity index is 1.54. The molecule has 0 aliphatic carbocycles. The first-order valence-electron chi connectivity index (χ1n) is 9.45. The number of ether oxygens (including phenoxy) is 3. The van der Waals surface area contributed by atoms with E-state index in [1.54, 1.807) is 36.4 Å². The lowest BCUT2D eigenvalue weighted by Crippen LogP contribution is -2.34. The number of nitrogens with zero attached hydrogens (tertiary/aromatic N) is 2. The van der Waals surface area contributed by atoms with Crippen molar-refractivity contribution in [1.29, 1.82) is 0 Å². The zero-order valence-electron chi connectivity index (χ0n) is 17.1. The van der Waals surface area contributed by atoms with E-state index in [0.717, 1.165) is 5.56 Å². The molecule has 0 unspecified atom stereocenters. The van der Waals surface area contributed by atoms with Gasteiger partial charge >= 0.3 is 0 Å². The van der Waals surface area contributed by atoms with Gasteiger partial charge in [-0.15, -0.1) is 0 Å². The summed E-state index contributed by atoms with van der Waals surface area (Å²) in [7, 11) is 3.06. The van der Waals surface area contributed by atoms with Crippen molar-refractivity contribution in [1.82, 2.24) is 15.1 Å². The van der Waals surface area contributed by atoms with E-state index in [-0.39, 0.29) is 31.2 Å². The zero-order chi connectivity index (χ0) is 22.2. The minimum Gasteiger partial charge on any atom is -0.496 e. The first kappa shape index (κ1) is 22.2. The third kappa shape index (κ3) is 6.23. The van der Waals surface area contributed by atoms with Gasteiger partial charge in [-0.1, -0.05) is 23.7 Å². The van der Waals surface area contributed by atoms with Crippen LogP contribution in [0.15, 0.2) is 59.4 Å². The first-order valence-corrected chi connectivity index (χ1v) is 9.83. The van der Waals surface area contributed by atoms with E-state index in [0.29, 0.717) is 28.0 Å². The number of hydrogen-bond donors (Lipinski definition) is 1. The molecule has 9 heteroatoms. The molecule has 0 aliphatic heterocycles. The largest absolute Gasteiger partial charge is 0.496 e. The Kier molecular flexibility index (Phi) is 7.50. The molecular formula is C22H22ClN3O5. The van der Waals surface area contributed by atoms with Crippen molar-refractivity contribution in [2.24, 2.45) is 0 Å². The molecule has 1 amide bonds. The summed E-state index contributed by atoms with van der Waals surface area (Å²) in [5, 5.41) is 7.68. The summed E-state index contributed by atoms with van der Waals surface area (Å²) >= 11 is 5.91. The van der Waals surface area contributed by atoms with E-state index in [9.17, 15) is 9.59 Å². The van der Waals surface area contributed by atoms with E-state index in [4.69, 9.17) is 25.8 Å². The van der Waals surface area contributed by atoms with Gasteiger partial charge < -0.3 is 19.5 Å². The fraction of sp³-hybridized carbons (Fsp3) is 0.227.